The summed E-state index contributed by atoms with van der Waals surface area (Å²) < 4.78 is 5.50. The molecule has 30 heavy (non-hydrogen) atoms. The number of amides is 3. The number of esters is 1. The fourth-order valence-corrected chi connectivity index (χ4v) is 3.89. The number of hydrogen-bond acceptors (Lipinski definition) is 5. The molecule has 0 aromatic heterocycles. The van der Waals surface area contributed by atoms with Gasteiger partial charge in [0.2, 0.25) is 17.7 Å². The van der Waals surface area contributed by atoms with Crippen molar-refractivity contribution in [3.8, 4) is 5.75 Å². The van der Waals surface area contributed by atoms with Crippen molar-refractivity contribution in [2.24, 2.45) is 5.92 Å². The first-order valence-electron chi connectivity index (χ1n) is 9.97. The van der Waals surface area contributed by atoms with E-state index in [1.54, 1.807) is 30.0 Å². The van der Waals surface area contributed by atoms with Crippen LogP contribution < -0.4 is 14.5 Å². The Hall–Kier alpha value is -3.48. The number of carbonyl (C=O) groups is 4. The third kappa shape index (κ3) is 3.83. The van der Waals surface area contributed by atoms with Crippen LogP contribution >= 0.6 is 0 Å². The Labute approximate surface area is 174 Å². The summed E-state index contributed by atoms with van der Waals surface area (Å²) in [6.45, 7) is 2.04. The molecular formula is C23H22N2O5. The molecule has 154 valence electrons. The van der Waals surface area contributed by atoms with Gasteiger partial charge < -0.3 is 9.64 Å². The van der Waals surface area contributed by atoms with Gasteiger partial charge in [-0.3, -0.25) is 24.1 Å². The van der Waals surface area contributed by atoms with Gasteiger partial charge in [0, 0.05) is 31.5 Å². The maximum Gasteiger partial charge on any atom is 0.316 e. The lowest BCUT2D eigenvalue weighted by Gasteiger charge is -2.26. The smallest absolute Gasteiger partial charge is 0.316 e. The van der Waals surface area contributed by atoms with E-state index in [1.807, 2.05) is 30.3 Å². The van der Waals surface area contributed by atoms with Crippen molar-refractivity contribution in [2.75, 3.05) is 16.3 Å². The molecule has 7 heteroatoms. The zero-order valence-corrected chi connectivity index (χ0v) is 16.7. The number of nitrogens with zero attached hydrogens (tertiary/aromatic N) is 2. The van der Waals surface area contributed by atoms with Crippen LogP contribution in [0.1, 0.15) is 31.2 Å². The van der Waals surface area contributed by atoms with Gasteiger partial charge in [-0.1, -0.05) is 18.2 Å². The molecule has 0 saturated carbocycles. The Kier molecular flexibility index (Phi) is 5.35. The maximum absolute atomic E-state index is 12.6. The molecule has 3 amide bonds. The Bertz CT molecular complexity index is 1000. The molecule has 2 heterocycles. The van der Waals surface area contributed by atoms with Gasteiger partial charge in [-0.15, -0.1) is 0 Å². The minimum absolute atomic E-state index is 0.0988. The molecule has 0 aliphatic carbocycles. The quantitative estimate of drug-likeness (QED) is 0.443. The lowest BCUT2D eigenvalue weighted by Crippen LogP contribution is -2.40. The third-order valence-electron chi connectivity index (χ3n) is 5.43. The predicted molar refractivity (Wildman–Crippen MR) is 110 cm³/mol. The number of anilines is 2. The summed E-state index contributed by atoms with van der Waals surface area (Å²) in [5.41, 5.74) is 1.93. The fraction of sp³-hybridized carbons (Fsp3) is 0.304. The maximum atomic E-state index is 12.6. The number of benzene rings is 2. The van der Waals surface area contributed by atoms with Crippen molar-refractivity contribution in [1.82, 2.24) is 0 Å². The molecule has 1 atom stereocenters. The zero-order chi connectivity index (χ0) is 21.3. The molecule has 2 aliphatic heterocycles. The van der Waals surface area contributed by atoms with Gasteiger partial charge in [0.15, 0.2) is 0 Å². The van der Waals surface area contributed by atoms with E-state index < -0.39 is 11.9 Å². The van der Waals surface area contributed by atoms with E-state index in [9.17, 15) is 19.2 Å². The first-order valence-corrected chi connectivity index (χ1v) is 9.97. The second-order valence-corrected chi connectivity index (χ2v) is 7.59. The summed E-state index contributed by atoms with van der Waals surface area (Å²) in [5, 5.41) is 0. The molecular weight excluding hydrogens is 384 g/mol. The highest BCUT2D eigenvalue weighted by atomic mass is 16.5. The van der Waals surface area contributed by atoms with Gasteiger partial charge in [0.25, 0.3) is 0 Å². The Balaban J connectivity index is 1.45. The summed E-state index contributed by atoms with van der Waals surface area (Å²) in [6.07, 6.45) is 1.36. The zero-order valence-electron chi connectivity index (χ0n) is 16.7. The van der Waals surface area contributed by atoms with Crippen LogP contribution in [0.2, 0.25) is 0 Å². The van der Waals surface area contributed by atoms with Gasteiger partial charge in [0.05, 0.1) is 11.6 Å². The van der Waals surface area contributed by atoms with E-state index in [0.29, 0.717) is 36.3 Å². The first-order chi connectivity index (χ1) is 14.4. The van der Waals surface area contributed by atoms with Crippen LogP contribution in [0.4, 0.5) is 11.4 Å². The predicted octanol–water partition coefficient (Wildman–Crippen LogP) is 3.00. The van der Waals surface area contributed by atoms with Crippen molar-refractivity contribution >= 4 is 35.1 Å². The van der Waals surface area contributed by atoms with Gasteiger partial charge in [-0.05, 0) is 49.2 Å². The fourth-order valence-electron chi connectivity index (χ4n) is 3.89. The van der Waals surface area contributed by atoms with Crippen LogP contribution in [0.5, 0.6) is 5.75 Å². The summed E-state index contributed by atoms with van der Waals surface area (Å²) in [6, 6.07) is 14.0. The molecule has 2 aliphatic rings. The van der Waals surface area contributed by atoms with Gasteiger partial charge in [-0.25, -0.2) is 0 Å². The Morgan fingerprint density at radius 2 is 1.67 bits per heavy atom. The second-order valence-electron chi connectivity index (χ2n) is 7.59. The van der Waals surface area contributed by atoms with Crippen molar-refractivity contribution < 1.29 is 23.9 Å². The number of ether oxygens (including phenoxy) is 1. The van der Waals surface area contributed by atoms with Crippen LogP contribution in [0.25, 0.3) is 0 Å². The topological polar surface area (TPSA) is 84.0 Å². The summed E-state index contributed by atoms with van der Waals surface area (Å²) in [7, 11) is 0. The van der Waals surface area contributed by atoms with Crippen LogP contribution in [-0.2, 0) is 19.2 Å². The standard InChI is InChI=1S/C23H22N2O5/c1-15-12-18(10-11-19(15)25-20(26)8-5-9-21(25)27)30-23(29)16-13-22(28)24(14-16)17-6-3-2-4-7-17/h2-4,6-7,10-12,16H,5,8-9,13-14H2,1H3/t16-/m1/s1. The van der Waals surface area contributed by atoms with Crippen LogP contribution in [-0.4, -0.2) is 30.2 Å². The third-order valence-corrected chi connectivity index (χ3v) is 5.43. The molecule has 7 nitrogen and oxygen atoms in total. The minimum Gasteiger partial charge on any atom is -0.426 e. The van der Waals surface area contributed by atoms with Crippen LogP contribution in [0.15, 0.2) is 48.5 Å². The molecule has 2 saturated heterocycles. The van der Waals surface area contributed by atoms with Crippen LogP contribution in [0.3, 0.4) is 0 Å². The van der Waals surface area contributed by atoms with Crippen LogP contribution in [0, 0.1) is 12.8 Å². The largest absolute Gasteiger partial charge is 0.426 e. The van der Waals surface area contributed by atoms with Crippen molar-refractivity contribution in [3.05, 3.63) is 54.1 Å². The number of rotatable bonds is 4. The number of piperidine rings is 1. The van der Waals surface area contributed by atoms with Crippen molar-refractivity contribution in [1.29, 1.82) is 0 Å². The second kappa shape index (κ2) is 8.10. The minimum atomic E-state index is -0.553. The van der Waals surface area contributed by atoms with E-state index in [1.165, 1.54) is 4.90 Å². The lowest BCUT2D eigenvalue weighted by molar-refractivity contribution is -0.139. The number of hydrogen-bond donors (Lipinski definition) is 0. The highest BCUT2D eigenvalue weighted by molar-refractivity contribution is 6.16. The molecule has 0 radical (unpaired) electrons. The summed E-state index contributed by atoms with van der Waals surface area (Å²) in [5.74, 6) is -1.25. The molecule has 2 aromatic rings. The average molecular weight is 406 g/mol. The summed E-state index contributed by atoms with van der Waals surface area (Å²) in [4.78, 5) is 52.1. The SMILES string of the molecule is Cc1cc(OC(=O)[C@@H]2CC(=O)N(c3ccccc3)C2)ccc1N1C(=O)CCCC1=O. The Morgan fingerprint density at radius 1 is 0.967 bits per heavy atom. The first kappa shape index (κ1) is 19.8. The molecule has 0 spiro atoms. The molecule has 0 N–H and O–H groups in total. The highest BCUT2D eigenvalue weighted by Gasteiger charge is 2.36. The van der Waals surface area contributed by atoms with Crippen molar-refractivity contribution in [3.63, 3.8) is 0 Å². The van der Waals surface area contributed by atoms with Gasteiger partial charge in [0.1, 0.15) is 5.75 Å². The molecule has 2 fully saturated rings. The number of imide groups is 1. The number of carbonyl (C=O) groups excluding carboxylic acids is 4. The van der Waals surface area contributed by atoms with E-state index in [0.717, 1.165) is 5.69 Å². The lowest BCUT2D eigenvalue weighted by atomic mass is 10.1. The van der Waals surface area contributed by atoms with Crippen molar-refractivity contribution in [2.45, 2.75) is 32.6 Å². The number of aryl methyl sites for hydroxylation is 1. The molecule has 2 aromatic carbocycles. The molecule has 0 unspecified atom stereocenters. The average Bonchev–Trinajstić information content (AvgIpc) is 3.12. The Morgan fingerprint density at radius 3 is 2.33 bits per heavy atom. The molecule has 0 bridgehead atoms. The monoisotopic (exact) mass is 406 g/mol. The van der Waals surface area contributed by atoms with Gasteiger partial charge >= 0.3 is 5.97 Å². The normalized spacial score (nSPS) is 19.4. The van der Waals surface area contributed by atoms with E-state index in [-0.39, 0.29) is 30.7 Å². The van der Waals surface area contributed by atoms with E-state index in [2.05, 4.69) is 0 Å². The van der Waals surface area contributed by atoms with E-state index >= 15 is 0 Å². The van der Waals surface area contributed by atoms with Gasteiger partial charge in [-0.2, -0.15) is 0 Å². The molecule has 4 rings (SSSR count). The highest BCUT2D eigenvalue weighted by Crippen LogP contribution is 2.30. The number of para-hydroxylation sites is 1. The summed E-state index contributed by atoms with van der Waals surface area (Å²) >= 11 is 0. The van der Waals surface area contributed by atoms with E-state index in [4.69, 9.17) is 4.74 Å².